The predicted octanol–water partition coefficient (Wildman–Crippen LogP) is 2.66. The number of carboxylic acids is 1. The van der Waals surface area contributed by atoms with Crippen molar-refractivity contribution < 1.29 is 15.0 Å². The molecule has 4 heteroatoms. The van der Waals surface area contributed by atoms with E-state index in [2.05, 4.69) is 15.9 Å². The van der Waals surface area contributed by atoms with Crippen LogP contribution in [0.5, 0.6) is 5.75 Å². The van der Waals surface area contributed by atoms with E-state index in [0.29, 0.717) is 4.47 Å². The van der Waals surface area contributed by atoms with Gasteiger partial charge >= 0.3 is 5.97 Å². The molecule has 0 spiro atoms. The Kier molecular flexibility index (Phi) is 2.46. The minimum atomic E-state index is -0.813. The van der Waals surface area contributed by atoms with Gasteiger partial charge in [-0.1, -0.05) is 12.1 Å². The molecule has 0 saturated heterocycles. The van der Waals surface area contributed by atoms with Crippen molar-refractivity contribution in [1.82, 2.24) is 0 Å². The Morgan fingerprint density at radius 2 is 2.13 bits per heavy atom. The Morgan fingerprint density at radius 3 is 2.67 bits per heavy atom. The molecule has 0 radical (unpaired) electrons. The van der Waals surface area contributed by atoms with Crippen LogP contribution in [0.2, 0.25) is 0 Å². The number of rotatable bonds is 3. The number of phenolic OH excluding ortho intramolecular Hbond substituents is 1. The number of halogens is 1. The quantitative estimate of drug-likeness (QED) is 0.888. The maximum atomic E-state index is 10.7. The van der Waals surface area contributed by atoms with Crippen molar-refractivity contribution in [3.05, 3.63) is 28.2 Å². The van der Waals surface area contributed by atoms with Crippen LogP contribution in [0.15, 0.2) is 22.7 Å². The van der Waals surface area contributed by atoms with Gasteiger partial charge in [0.2, 0.25) is 0 Å². The van der Waals surface area contributed by atoms with Crippen molar-refractivity contribution in [1.29, 1.82) is 0 Å². The molecule has 0 bridgehead atoms. The molecule has 3 nitrogen and oxygen atoms in total. The second kappa shape index (κ2) is 3.52. The number of hydrogen-bond donors (Lipinski definition) is 2. The van der Waals surface area contributed by atoms with Gasteiger partial charge in [0, 0.05) is 11.0 Å². The average Bonchev–Trinajstić information content (AvgIpc) is 2.89. The van der Waals surface area contributed by atoms with E-state index in [-0.39, 0.29) is 17.6 Å². The molecule has 0 unspecified atom stereocenters. The zero-order valence-electron chi connectivity index (χ0n) is 8.03. The van der Waals surface area contributed by atoms with Crippen molar-refractivity contribution in [2.75, 3.05) is 0 Å². The Hall–Kier alpha value is -1.03. The zero-order valence-corrected chi connectivity index (χ0v) is 9.62. The van der Waals surface area contributed by atoms with Crippen LogP contribution in [0.25, 0.3) is 0 Å². The fourth-order valence-corrected chi connectivity index (χ4v) is 2.29. The van der Waals surface area contributed by atoms with Crippen LogP contribution in [-0.4, -0.2) is 16.2 Å². The van der Waals surface area contributed by atoms with Crippen molar-refractivity contribution in [2.24, 2.45) is 0 Å². The van der Waals surface area contributed by atoms with Gasteiger partial charge in [-0.25, -0.2) is 0 Å². The largest absolute Gasteiger partial charge is 0.506 e. The van der Waals surface area contributed by atoms with Crippen LogP contribution >= 0.6 is 15.9 Å². The third kappa shape index (κ3) is 1.86. The molecule has 1 aromatic rings. The number of aromatic hydroxyl groups is 1. The Bertz CT molecular complexity index is 410. The molecule has 2 N–H and O–H groups in total. The number of carbonyl (C=O) groups is 1. The summed E-state index contributed by atoms with van der Waals surface area (Å²) in [5.41, 5.74) is 0.416. The second-order valence-corrected chi connectivity index (χ2v) is 4.84. The molecule has 0 atom stereocenters. The number of phenols is 1. The molecule has 1 aliphatic carbocycles. The normalized spacial score (nSPS) is 17.4. The SMILES string of the molecule is O=C(O)CC1(c2cccc(Br)c2O)CC1. The summed E-state index contributed by atoms with van der Waals surface area (Å²) in [5, 5.41) is 18.7. The van der Waals surface area contributed by atoms with E-state index in [1.54, 1.807) is 12.1 Å². The number of para-hydroxylation sites is 1. The molecule has 15 heavy (non-hydrogen) atoms. The van der Waals surface area contributed by atoms with E-state index >= 15 is 0 Å². The van der Waals surface area contributed by atoms with Crippen LogP contribution in [0, 0.1) is 0 Å². The van der Waals surface area contributed by atoms with Crippen molar-refractivity contribution in [3.8, 4) is 5.75 Å². The number of benzene rings is 1. The van der Waals surface area contributed by atoms with E-state index in [1.807, 2.05) is 6.07 Å². The summed E-state index contributed by atoms with van der Waals surface area (Å²) < 4.78 is 0.622. The maximum absolute atomic E-state index is 10.7. The van der Waals surface area contributed by atoms with Crippen LogP contribution < -0.4 is 0 Å². The first-order valence-electron chi connectivity index (χ1n) is 4.75. The Morgan fingerprint density at radius 1 is 1.47 bits per heavy atom. The van der Waals surface area contributed by atoms with E-state index in [1.165, 1.54) is 0 Å². The van der Waals surface area contributed by atoms with Crippen molar-refractivity contribution in [3.63, 3.8) is 0 Å². The van der Waals surface area contributed by atoms with E-state index in [9.17, 15) is 9.90 Å². The lowest BCUT2D eigenvalue weighted by atomic mass is 9.92. The Labute approximate surface area is 95.9 Å². The molecule has 1 aliphatic rings. The highest BCUT2D eigenvalue weighted by atomic mass is 79.9. The van der Waals surface area contributed by atoms with Gasteiger partial charge in [0.1, 0.15) is 5.75 Å². The first kappa shape index (κ1) is 10.5. The van der Waals surface area contributed by atoms with Crippen molar-refractivity contribution >= 4 is 21.9 Å². The van der Waals surface area contributed by atoms with Gasteiger partial charge in [0.15, 0.2) is 0 Å². The van der Waals surface area contributed by atoms with Crippen LogP contribution in [0.1, 0.15) is 24.8 Å². The van der Waals surface area contributed by atoms with Gasteiger partial charge in [0.05, 0.1) is 10.9 Å². The van der Waals surface area contributed by atoms with Gasteiger partial charge in [0.25, 0.3) is 0 Å². The third-order valence-electron chi connectivity index (χ3n) is 2.90. The summed E-state index contributed by atoms with van der Waals surface area (Å²) in [6.45, 7) is 0. The average molecular weight is 271 g/mol. The molecule has 0 amide bonds. The summed E-state index contributed by atoms with van der Waals surface area (Å²) >= 11 is 3.24. The highest BCUT2D eigenvalue weighted by Crippen LogP contribution is 2.54. The molecule has 1 aromatic carbocycles. The molecule has 0 aliphatic heterocycles. The molecule has 0 heterocycles. The van der Waals surface area contributed by atoms with Crippen LogP contribution in [0.4, 0.5) is 0 Å². The molecular weight excluding hydrogens is 260 g/mol. The van der Waals surface area contributed by atoms with Crippen molar-refractivity contribution in [2.45, 2.75) is 24.7 Å². The summed E-state index contributed by atoms with van der Waals surface area (Å²) in [5.74, 6) is -0.636. The topological polar surface area (TPSA) is 57.5 Å². The lowest BCUT2D eigenvalue weighted by Crippen LogP contribution is -2.13. The van der Waals surface area contributed by atoms with E-state index in [4.69, 9.17) is 5.11 Å². The number of aliphatic carboxylic acids is 1. The van der Waals surface area contributed by atoms with Crippen LogP contribution in [0.3, 0.4) is 0 Å². The smallest absolute Gasteiger partial charge is 0.304 e. The highest BCUT2D eigenvalue weighted by molar-refractivity contribution is 9.10. The van der Waals surface area contributed by atoms with Gasteiger partial charge in [-0.15, -0.1) is 0 Å². The monoisotopic (exact) mass is 270 g/mol. The summed E-state index contributed by atoms with van der Waals surface area (Å²) in [4.78, 5) is 10.7. The molecule has 2 rings (SSSR count). The van der Waals surface area contributed by atoms with Crippen LogP contribution in [-0.2, 0) is 10.2 Å². The van der Waals surface area contributed by atoms with Gasteiger partial charge < -0.3 is 10.2 Å². The lowest BCUT2D eigenvalue weighted by molar-refractivity contribution is -0.137. The summed E-state index contributed by atoms with van der Waals surface area (Å²) in [6, 6.07) is 5.37. The third-order valence-corrected chi connectivity index (χ3v) is 3.54. The first-order chi connectivity index (χ1) is 7.05. The fourth-order valence-electron chi connectivity index (χ4n) is 1.92. The maximum Gasteiger partial charge on any atom is 0.304 e. The predicted molar refractivity (Wildman–Crippen MR) is 59.0 cm³/mol. The molecule has 1 fully saturated rings. The minimum Gasteiger partial charge on any atom is -0.506 e. The minimum absolute atomic E-state index is 0.0943. The fraction of sp³-hybridized carbons (Fsp3) is 0.364. The first-order valence-corrected chi connectivity index (χ1v) is 5.54. The standard InChI is InChI=1S/C11H11BrO3/c12-8-3-1-2-7(10(8)15)11(4-5-11)6-9(13)14/h1-3,15H,4-6H2,(H,13,14). The second-order valence-electron chi connectivity index (χ2n) is 3.99. The van der Waals surface area contributed by atoms with E-state index < -0.39 is 5.97 Å². The molecule has 0 aromatic heterocycles. The Balaban J connectivity index is 2.37. The van der Waals surface area contributed by atoms with Gasteiger partial charge in [-0.2, -0.15) is 0 Å². The summed E-state index contributed by atoms with van der Waals surface area (Å²) in [6.07, 6.45) is 1.77. The van der Waals surface area contributed by atoms with Gasteiger partial charge in [-0.3, -0.25) is 4.79 Å². The number of hydrogen-bond acceptors (Lipinski definition) is 2. The summed E-state index contributed by atoms with van der Waals surface area (Å²) in [7, 11) is 0. The molecule has 80 valence electrons. The molecular formula is C11H11BrO3. The zero-order chi connectivity index (χ0) is 11.1. The highest BCUT2D eigenvalue weighted by Gasteiger charge is 2.47. The molecule has 1 saturated carbocycles. The number of carboxylic acid groups (broad SMARTS) is 1. The van der Waals surface area contributed by atoms with Gasteiger partial charge in [-0.05, 0) is 34.8 Å². The van der Waals surface area contributed by atoms with E-state index in [0.717, 1.165) is 18.4 Å². The lowest BCUT2D eigenvalue weighted by Gasteiger charge is -2.15.